The molecule has 94 valence electrons. The van der Waals surface area contributed by atoms with Gasteiger partial charge < -0.3 is 15.2 Å². The van der Waals surface area contributed by atoms with Crippen LogP contribution in [0.5, 0.6) is 0 Å². The van der Waals surface area contributed by atoms with E-state index in [1.807, 2.05) is 25.1 Å². The standard InChI is InChI=1S/C13H20N2O2/c1-10(14)13(12-4-2-3-7-15-12)17-11-5-8-16-9-6-11/h2-4,7,10-11,13H,5-6,8-9,14H2,1H3. The molecule has 0 aliphatic carbocycles. The van der Waals surface area contributed by atoms with E-state index in [1.54, 1.807) is 6.20 Å². The zero-order valence-corrected chi connectivity index (χ0v) is 10.2. The Hall–Kier alpha value is -0.970. The molecule has 4 heteroatoms. The minimum atomic E-state index is -0.126. The molecule has 0 aromatic carbocycles. The Morgan fingerprint density at radius 2 is 2.18 bits per heavy atom. The van der Waals surface area contributed by atoms with Gasteiger partial charge in [-0.2, -0.15) is 0 Å². The fraction of sp³-hybridized carbons (Fsp3) is 0.615. The van der Waals surface area contributed by atoms with Crippen molar-refractivity contribution in [2.75, 3.05) is 13.2 Å². The summed E-state index contributed by atoms with van der Waals surface area (Å²) < 4.78 is 11.4. The van der Waals surface area contributed by atoms with Gasteiger partial charge in [0.1, 0.15) is 6.10 Å². The molecule has 17 heavy (non-hydrogen) atoms. The SMILES string of the molecule is CC(N)C(OC1CCOCC1)c1ccccn1. The molecule has 0 amide bonds. The number of hydrogen-bond donors (Lipinski definition) is 1. The van der Waals surface area contributed by atoms with E-state index >= 15 is 0 Å². The van der Waals surface area contributed by atoms with Crippen molar-refractivity contribution in [2.45, 2.75) is 38.0 Å². The molecule has 1 saturated heterocycles. The van der Waals surface area contributed by atoms with Crippen LogP contribution in [0.25, 0.3) is 0 Å². The molecule has 2 unspecified atom stereocenters. The van der Waals surface area contributed by atoms with Crippen molar-refractivity contribution in [1.29, 1.82) is 0 Å². The quantitative estimate of drug-likeness (QED) is 0.864. The van der Waals surface area contributed by atoms with Crippen molar-refractivity contribution < 1.29 is 9.47 Å². The van der Waals surface area contributed by atoms with Gasteiger partial charge in [0, 0.05) is 25.5 Å². The van der Waals surface area contributed by atoms with Crippen molar-refractivity contribution in [2.24, 2.45) is 5.73 Å². The largest absolute Gasteiger partial charge is 0.381 e. The number of aromatic nitrogens is 1. The summed E-state index contributed by atoms with van der Waals surface area (Å²) in [5.74, 6) is 0. The lowest BCUT2D eigenvalue weighted by Gasteiger charge is -2.29. The highest BCUT2D eigenvalue weighted by atomic mass is 16.5. The smallest absolute Gasteiger partial charge is 0.115 e. The average molecular weight is 236 g/mol. The Labute approximate surface area is 102 Å². The second-order valence-electron chi connectivity index (χ2n) is 4.48. The van der Waals surface area contributed by atoms with Crippen LogP contribution in [0.15, 0.2) is 24.4 Å². The van der Waals surface area contributed by atoms with Crippen LogP contribution in [0, 0.1) is 0 Å². The van der Waals surface area contributed by atoms with Gasteiger partial charge in [-0.15, -0.1) is 0 Å². The van der Waals surface area contributed by atoms with Crippen molar-refractivity contribution in [3.8, 4) is 0 Å². The number of rotatable bonds is 4. The highest BCUT2D eigenvalue weighted by molar-refractivity contribution is 5.08. The first kappa shape index (κ1) is 12.5. The molecule has 0 bridgehead atoms. The molecule has 1 aliphatic rings. The van der Waals surface area contributed by atoms with Crippen LogP contribution in [0.4, 0.5) is 0 Å². The van der Waals surface area contributed by atoms with Crippen LogP contribution in [-0.2, 0) is 9.47 Å². The van der Waals surface area contributed by atoms with Gasteiger partial charge in [-0.3, -0.25) is 4.98 Å². The molecule has 1 aliphatic heterocycles. The van der Waals surface area contributed by atoms with Crippen LogP contribution in [0.3, 0.4) is 0 Å². The lowest BCUT2D eigenvalue weighted by Crippen LogP contribution is -2.33. The van der Waals surface area contributed by atoms with E-state index in [0.717, 1.165) is 31.7 Å². The van der Waals surface area contributed by atoms with E-state index < -0.39 is 0 Å². The molecule has 2 rings (SSSR count). The monoisotopic (exact) mass is 236 g/mol. The van der Waals surface area contributed by atoms with Crippen molar-refractivity contribution >= 4 is 0 Å². The third-order valence-corrected chi connectivity index (χ3v) is 2.96. The number of hydrogen-bond acceptors (Lipinski definition) is 4. The predicted molar refractivity (Wildman–Crippen MR) is 65.6 cm³/mol. The summed E-state index contributed by atoms with van der Waals surface area (Å²) in [6.07, 6.45) is 3.77. The Morgan fingerprint density at radius 1 is 1.41 bits per heavy atom. The van der Waals surface area contributed by atoms with Crippen LogP contribution in [0.2, 0.25) is 0 Å². The van der Waals surface area contributed by atoms with E-state index in [-0.39, 0.29) is 18.2 Å². The van der Waals surface area contributed by atoms with Gasteiger partial charge in [0.2, 0.25) is 0 Å². The number of nitrogens with two attached hydrogens (primary N) is 1. The zero-order valence-electron chi connectivity index (χ0n) is 10.2. The van der Waals surface area contributed by atoms with Gasteiger partial charge in [-0.1, -0.05) is 6.07 Å². The maximum atomic E-state index is 6.07. The lowest BCUT2D eigenvalue weighted by molar-refractivity contribution is -0.0771. The Kier molecular flexibility index (Phi) is 4.48. The van der Waals surface area contributed by atoms with E-state index in [1.165, 1.54) is 0 Å². The van der Waals surface area contributed by atoms with E-state index in [9.17, 15) is 0 Å². The van der Waals surface area contributed by atoms with Crippen molar-refractivity contribution in [3.63, 3.8) is 0 Å². The molecular weight excluding hydrogens is 216 g/mol. The van der Waals surface area contributed by atoms with Crippen LogP contribution >= 0.6 is 0 Å². The topological polar surface area (TPSA) is 57.4 Å². The van der Waals surface area contributed by atoms with Gasteiger partial charge in [0.15, 0.2) is 0 Å². The lowest BCUT2D eigenvalue weighted by atomic mass is 10.1. The molecule has 4 nitrogen and oxygen atoms in total. The molecule has 2 heterocycles. The van der Waals surface area contributed by atoms with Gasteiger partial charge >= 0.3 is 0 Å². The summed E-state index contributed by atoms with van der Waals surface area (Å²) in [5, 5.41) is 0. The Balaban J connectivity index is 2.02. The van der Waals surface area contributed by atoms with Crippen LogP contribution in [0.1, 0.15) is 31.6 Å². The van der Waals surface area contributed by atoms with Crippen molar-refractivity contribution in [1.82, 2.24) is 4.98 Å². The molecule has 1 fully saturated rings. The molecule has 2 N–H and O–H groups in total. The first-order valence-corrected chi connectivity index (χ1v) is 6.17. The number of nitrogens with zero attached hydrogens (tertiary/aromatic N) is 1. The van der Waals surface area contributed by atoms with E-state index in [0.29, 0.717) is 0 Å². The molecule has 0 saturated carbocycles. The third-order valence-electron chi connectivity index (χ3n) is 2.96. The van der Waals surface area contributed by atoms with E-state index in [4.69, 9.17) is 15.2 Å². The van der Waals surface area contributed by atoms with E-state index in [2.05, 4.69) is 4.98 Å². The van der Waals surface area contributed by atoms with Crippen LogP contribution in [-0.4, -0.2) is 30.3 Å². The minimum absolute atomic E-state index is 0.0623. The maximum absolute atomic E-state index is 6.07. The molecule has 2 atom stereocenters. The number of ether oxygens (including phenoxy) is 2. The molecule has 1 aromatic rings. The second kappa shape index (κ2) is 6.10. The highest BCUT2D eigenvalue weighted by Gasteiger charge is 2.24. The zero-order chi connectivity index (χ0) is 12.1. The van der Waals surface area contributed by atoms with Crippen molar-refractivity contribution in [3.05, 3.63) is 30.1 Å². The maximum Gasteiger partial charge on any atom is 0.115 e. The molecule has 1 aromatic heterocycles. The van der Waals surface area contributed by atoms with Gasteiger partial charge in [-0.25, -0.2) is 0 Å². The first-order valence-electron chi connectivity index (χ1n) is 6.17. The average Bonchev–Trinajstić information content (AvgIpc) is 2.38. The number of pyridine rings is 1. The molecule has 0 radical (unpaired) electrons. The summed E-state index contributed by atoms with van der Waals surface area (Å²) in [7, 11) is 0. The van der Waals surface area contributed by atoms with Gasteiger partial charge in [-0.05, 0) is 31.9 Å². The molecular formula is C13H20N2O2. The minimum Gasteiger partial charge on any atom is -0.381 e. The van der Waals surface area contributed by atoms with Gasteiger partial charge in [0.25, 0.3) is 0 Å². The predicted octanol–water partition coefficient (Wildman–Crippen LogP) is 1.67. The first-order chi connectivity index (χ1) is 8.27. The third kappa shape index (κ3) is 3.49. The summed E-state index contributed by atoms with van der Waals surface area (Å²) >= 11 is 0. The molecule has 0 spiro atoms. The second-order valence-corrected chi connectivity index (χ2v) is 4.48. The highest BCUT2D eigenvalue weighted by Crippen LogP contribution is 2.23. The summed E-state index contributed by atoms with van der Waals surface area (Å²) in [6.45, 7) is 3.51. The fourth-order valence-corrected chi connectivity index (χ4v) is 2.03. The summed E-state index contributed by atoms with van der Waals surface area (Å²) in [6, 6.07) is 5.77. The Morgan fingerprint density at radius 3 is 2.76 bits per heavy atom. The van der Waals surface area contributed by atoms with Gasteiger partial charge in [0.05, 0.1) is 11.8 Å². The summed E-state index contributed by atoms with van der Waals surface area (Å²) in [5.41, 5.74) is 6.90. The Bertz CT molecular complexity index is 323. The normalized spacial score (nSPS) is 21.1. The van der Waals surface area contributed by atoms with Crippen LogP contribution < -0.4 is 5.73 Å². The summed E-state index contributed by atoms with van der Waals surface area (Å²) in [4.78, 5) is 4.33. The fourth-order valence-electron chi connectivity index (χ4n) is 2.03.